The first-order valence-corrected chi connectivity index (χ1v) is 9.34. The van der Waals surface area contributed by atoms with Crippen LogP contribution in [-0.4, -0.2) is 44.1 Å². The van der Waals surface area contributed by atoms with Gasteiger partial charge in [0, 0.05) is 31.9 Å². The van der Waals surface area contributed by atoms with Gasteiger partial charge in [-0.3, -0.25) is 10.3 Å². The number of nitrogens with one attached hydrogen (secondary N) is 1. The molecule has 1 saturated heterocycles. The minimum absolute atomic E-state index is 0.0528. The summed E-state index contributed by atoms with van der Waals surface area (Å²) in [5, 5.41) is 9.72. The molecule has 0 aliphatic carbocycles. The highest BCUT2D eigenvalue weighted by Crippen LogP contribution is 2.23. The quantitative estimate of drug-likeness (QED) is 0.758. The molecule has 3 aromatic heterocycles. The summed E-state index contributed by atoms with van der Waals surface area (Å²) in [5.74, 6) is 1.31. The number of aromatic nitrogens is 4. The van der Waals surface area contributed by atoms with E-state index in [1.807, 2.05) is 22.4 Å². The molecule has 0 radical (unpaired) electrons. The van der Waals surface area contributed by atoms with Gasteiger partial charge in [-0.2, -0.15) is 4.98 Å². The molecule has 4 rings (SSSR count). The fourth-order valence-electron chi connectivity index (χ4n) is 3.05. The highest BCUT2D eigenvalue weighted by Gasteiger charge is 2.26. The third-order valence-corrected chi connectivity index (χ3v) is 5.07. The molecule has 26 heavy (non-hydrogen) atoms. The SMILES string of the molecule is O=C(Nc1cccs1)N1CCC[C@H](Cc2nc(-c3cnccn3)no2)C1. The number of amides is 2. The van der Waals surface area contributed by atoms with Crippen LogP contribution in [0.15, 0.2) is 40.6 Å². The Hall–Kier alpha value is -2.81. The molecule has 1 N–H and O–H groups in total. The number of nitrogens with zero attached hydrogens (tertiary/aromatic N) is 5. The molecule has 1 atom stereocenters. The van der Waals surface area contributed by atoms with Gasteiger partial charge in [-0.25, -0.2) is 9.78 Å². The predicted molar refractivity (Wildman–Crippen MR) is 96.7 cm³/mol. The van der Waals surface area contributed by atoms with Crippen molar-refractivity contribution < 1.29 is 9.32 Å². The Morgan fingerprint density at radius 3 is 3.19 bits per heavy atom. The molecule has 1 aliphatic rings. The normalized spacial score (nSPS) is 17.2. The van der Waals surface area contributed by atoms with Gasteiger partial charge in [0.2, 0.25) is 11.7 Å². The van der Waals surface area contributed by atoms with Gasteiger partial charge in [-0.05, 0) is 36.3 Å². The largest absolute Gasteiger partial charge is 0.339 e. The Morgan fingerprint density at radius 1 is 1.42 bits per heavy atom. The number of rotatable bonds is 4. The second kappa shape index (κ2) is 7.61. The molecule has 134 valence electrons. The van der Waals surface area contributed by atoms with E-state index in [9.17, 15) is 4.79 Å². The Bertz CT molecular complexity index is 851. The Balaban J connectivity index is 1.36. The molecular formula is C17H18N6O2S. The van der Waals surface area contributed by atoms with Crippen molar-refractivity contribution in [2.24, 2.45) is 5.92 Å². The first kappa shape index (κ1) is 16.6. The van der Waals surface area contributed by atoms with Crippen LogP contribution in [0.2, 0.25) is 0 Å². The van der Waals surface area contributed by atoms with Crippen molar-refractivity contribution >= 4 is 22.4 Å². The zero-order chi connectivity index (χ0) is 17.8. The summed E-state index contributed by atoms with van der Waals surface area (Å²) in [6.07, 6.45) is 7.44. The minimum Gasteiger partial charge on any atom is -0.339 e. The van der Waals surface area contributed by atoms with E-state index >= 15 is 0 Å². The fraction of sp³-hybridized carbons (Fsp3) is 0.353. The molecule has 9 heteroatoms. The standard InChI is InChI=1S/C17H18N6O2S/c24-17(21-15-4-2-8-26-15)23-7-1-3-12(11-23)9-14-20-16(22-25-14)13-10-18-5-6-19-13/h2,4-6,8,10,12H,1,3,7,9,11H2,(H,21,24)/t12-/m1/s1. The number of piperidine rings is 1. The van der Waals surface area contributed by atoms with Gasteiger partial charge >= 0.3 is 6.03 Å². The third kappa shape index (κ3) is 3.88. The smallest absolute Gasteiger partial charge is 0.322 e. The molecule has 0 bridgehead atoms. The number of hydrogen-bond acceptors (Lipinski definition) is 7. The van der Waals surface area contributed by atoms with Crippen molar-refractivity contribution in [1.82, 2.24) is 25.0 Å². The van der Waals surface area contributed by atoms with E-state index in [0.717, 1.165) is 24.4 Å². The van der Waals surface area contributed by atoms with Crippen LogP contribution in [0.25, 0.3) is 11.5 Å². The van der Waals surface area contributed by atoms with Crippen LogP contribution >= 0.6 is 11.3 Å². The summed E-state index contributed by atoms with van der Waals surface area (Å²) in [6.45, 7) is 1.45. The second-order valence-electron chi connectivity index (χ2n) is 6.17. The second-order valence-corrected chi connectivity index (χ2v) is 7.12. The van der Waals surface area contributed by atoms with Gasteiger partial charge < -0.3 is 9.42 Å². The van der Waals surface area contributed by atoms with E-state index in [2.05, 4.69) is 25.4 Å². The average Bonchev–Trinajstić information content (AvgIpc) is 3.35. The highest BCUT2D eigenvalue weighted by atomic mass is 32.1. The third-order valence-electron chi connectivity index (χ3n) is 4.28. The van der Waals surface area contributed by atoms with Gasteiger partial charge in [0.15, 0.2) is 0 Å². The number of likely N-dealkylation sites (tertiary alicyclic amines) is 1. The monoisotopic (exact) mass is 370 g/mol. The molecule has 0 aromatic carbocycles. The maximum atomic E-state index is 12.4. The Morgan fingerprint density at radius 2 is 2.38 bits per heavy atom. The van der Waals surface area contributed by atoms with E-state index in [1.165, 1.54) is 11.3 Å². The van der Waals surface area contributed by atoms with Crippen LogP contribution in [0, 0.1) is 5.92 Å². The summed E-state index contributed by atoms with van der Waals surface area (Å²) in [5.41, 5.74) is 0.586. The number of urea groups is 1. The Labute approximate surface area is 154 Å². The van der Waals surface area contributed by atoms with Crippen molar-refractivity contribution in [2.45, 2.75) is 19.3 Å². The lowest BCUT2D eigenvalue weighted by Crippen LogP contribution is -2.42. The van der Waals surface area contributed by atoms with Crippen LogP contribution in [0.3, 0.4) is 0 Å². The zero-order valence-corrected chi connectivity index (χ0v) is 14.9. The minimum atomic E-state index is -0.0528. The number of carbonyl (C=O) groups excluding carboxylic acids is 1. The average molecular weight is 370 g/mol. The molecule has 1 aliphatic heterocycles. The number of carbonyl (C=O) groups is 1. The van der Waals surface area contributed by atoms with Gasteiger partial charge in [-0.15, -0.1) is 11.3 Å². The van der Waals surface area contributed by atoms with E-state index in [0.29, 0.717) is 36.3 Å². The van der Waals surface area contributed by atoms with Gasteiger partial charge in [0.25, 0.3) is 0 Å². The van der Waals surface area contributed by atoms with Crippen molar-refractivity contribution in [2.75, 3.05) is 18.4 Å². The number of hydrogen-bond donors (Lipinski definition) is 1. The molecule has 3 aromatic rings. The van der Waals surface area contributed by atoms with Gasteiger partial charge in [-0.1, -0.05) is 5.16 Å². The fourth-order valence-corrected chi connectivity index (χ4v) is 3.66. The van der Waals surface area contributed by atoms with Crippen LogP contribution in [0.1, 0.15) is 18.7 Å². The maximum absolute atomic E-state index is 12.4. The highest BCUT2D eigenvalue weighted by molar-refractivity contribution is 7.14. The molecule has 0 saturated carbocycles. The topological polar surface area (TPSA) is 97.0 Å². The molecule has 2 amide bonds. The number of thiophene rings is 1. The van der Waals surface area contributed by atoms with Crippen LogP contribution in [0.5, 0.6) is 0 Å². The first-order valence-electron chi connectivity index (χ1n) is 8.46. The maximum Gasteiger partial charge on any atom is 0.322 e. The molecule has 4 heterocycles. The van der Waals surface area contributed by atoms with Gasteiger partial charge in [0.1, 0.15) is 5.69 Å². The lowest BCUT2D eigenvalue weighted by molar-refractivity contribution is 0.173. The summed E-state index contributed by atoms with van der Waals surface area (Å²) < 4.78 is 5.36. The van der Waals surface area contributed by atoms with E-state index < -0.39 is 0 Å². The van der Waals surface area contributed by atoms with Crippen molar-refractivity contribution in [3.8, 4) is 11.5 Å². The van der Waals surface area contributed by atoms with E-state index in [4.69, 9.17) is 4.52 Å². The van der Waals surface area contributed by atoms with Crippen molar-refractivity contribution in [1.29, 1.82) is 0 Å². The summed E-state index contributed by atoms with van der Waals surface area (Å²) in [4.78, 5) is 26.9. The molecule has 0 unspecified atom stereocenters. The van der Waals surface area contributed by atoms with Crippen molar-refractivity contribution in [3.05, 3.63) is 42.0 Å². The Kier molecular flexibility index (Phi) is 4.87. The van der Waals surface area contributed by atoms with Crippen molar-refractivity contribution in [3.63, 3.8) is 0 Å². The summed E-state index contributed by atoms with van der Waals surface area (Å²) in [7, 11) is 0. The molecule has 8 nitrogen and oxygen atoms in total. The molecular weight excluding hydrogens is 352 g/mol. The van der Waals surface area contributed by atoms with Crippen LogP contribution in [0.4, 0.5) is 9.80 Å². The summed E-state index contributed by atoms with van der Waals surface area (Å²) in [6, 6.07) is 3.77. The lowest BCUT2D eigenvalue weighted by Gasteiger charge is -2.32. The predicted octanol–water partition coefficient (Wildman–Crippen LogP) is 3.07. The zero-order valence-electron chi connectivity index (χ0n) is 14.0. The first-order chi connectivity index (χ1) is 12.8. The summed E-state index contributed by atoms with van der Waals surface area (Å²) >= 11 is 1.52. The van der Waals surface area contributed by atoms with E-state index in [1.54, 1.807) is 18.6 Å². The number of anilines is 1. The lowest BCUT2D eigenvalue weighted by atomic mass is 9.95. The molecule has 0 spiro atoms. The molecule has 1 fully saturated rings. The van der Waals surface area contributed by atoms with E-state index in [-0.39, 0.29) is 6.03 Å². The van der Waals surface area contributed by atoms with Crippen LogP contribution in [-0.2, 0) is 6.42 Å². The van der Waals surface area contributed by atoms with Crippen LogP contribution < -0.4 is 5.32 Å². The van der Waals surface area contributed by atoms with Gasteiger partial charge in [0.05, 0.1) is 11.2 Å².